The summed E-state index contributed by atoms with van der Waals surface area (Å²) in [4.78, 5) is 60.1. The van der Waals surface area contributed by atoms with Crippen LogP contribution >= 0.6 is 11.8 Å². The Morgan fingerprint density at radius 2 is 1.67 bits per heavy atom. The molecule has 13 atom stereocenters. The SMILES string of the molecule is C[C@H](CCC(=O)SCC(NC(=O)CCC(N)C(=O)O)C(=O)NCC(=O)O)[C@H]1CCC2C3C(CO)C[C@@H]4C[C@H](O)CC[C@]4(C)C3C[C@H](O)[C@@]21C. The number of hydrogen-bond acceptors (Lipinski definition) is 10. The van der Waals surface area contributed by atoms with Crippen molar-refractivity contribution >= 4 is 40.6 Å². The molecule has 14 heteroatoms. The maximum Gasteiger partial charge on any atom is 0.322 e. The molecule has 4 aliphatic carbocycles. The minimum absolute atomic E-state index is 0.0401. The lowest BCUT2D eigenvalue weighted by atomic mass is 9.41. The molecule has 0 bridgehead atoms. The van der Waals surface area contributed by atoms with E-state index in [1.807, 2.05) is 0 Å². The number of nitrogens with two attached hydrogens (primary N) is 1. The molecule has 0 heterocycles. The van der Waals surface area contributed by atoms with Crippen molar-refractivity contribution in [1.82, 2.24) is 10.6 Å². The zero-order valence-electron chi connectivity index (χ0n) is 29.0. The van der Waals surface area contributed by atoms with E-state index in [4.69, 9.17) is 15.9 Å². The Labute approximate surface area is 292 Å². The number of rotatable bonds is 15. The van der Waals surface area contributed by atoms with Crippen molar-refractivity contribution < 1.29 is 49.5 Å². The van der Waals surface area contributed by atoms with Gasteiger partial charge in [-0.05, 0) is 110 Å². The van der Waals surface area contributed by atoms with Crippen LogP contribution in [0.25, 0.3) is 0 Å². The van der Waals surface area contributed by atoms with Crippen LogP contribution in [0.5, 0.6) is 0 Å². The van der Waals surface area contributed by atoms with Gasteiger partial charge in [-0.25, -0.2) is 0 Å². The molecule has 0 saturated heterocycles. The van der Waals surface area contributed by atoms with Crippen LogP contribution in [0.1, 0.15) is 91.4 Å². The van der Waals surface area contributed by atoms with Gasteiger partial charge in [-0.1, -0.05) is 32.5 Å². The Bertz CT molecular complexity index is 1240. The summed E-state index contributed by atoms with van der Waals surface area (Å²) >= 11 is 0.878. The number of carbonyl (C=O) groups is 5. The third-order valence-electron chi connectivity index (χ3n) is 13.2. The van der Waals surface area contributed by atoms with Gasteiger partial charge in [0.1, 0.15) is 18.6 Å². The summed E-state index contributed by atoms with van der Waals surface area (Å²) in [7, 11) is 0. The molecule has 4 aliphatic rings. The van der Waals surface area contributed by atoms with Gasteiger partial charge in [0.05, 0.1) is 12.2 Å². The van der Waals surface area contributed by atoms with Crippen LogP contribution in [0.15, 0.2) is 0 Å². The average Bonchev–Trinajstić information content (AvgIpc) is 3.42. The van der Waals surface area contributed by atoms with Gasteiger partial charge in [-0.2, -0.15) is 0 Å². The lowest BCUT2D eigenvalue weighted by Crippen LogP contribution is -2.61. The van der Waals surface area contributed by atoms with E-state index in [0.717, 1.165) is 50.3 Å². The Kier molecular flexibility index (Phi) is 13.2. The summed E-state index contributed by atoms with van der Waals surface area (Å²) in [6.07, 6.45) is 5.58. The van der Waals surface area contributed by atoms with Gasteiger partial charge in [0.25, 0.3) is 0 Å². The van der Waals surface area contributed by atoms with E-state index in [0.29, 0.717) is 30.6 Å². The summed E-state index contributed by atoms with van der Waals surface area (Å²) in [5.41, 5.74) is 5.15. The highest BCUT2D eigenvalue weighted by molar-refractivity contribution is 8.13. The monoisotopic (exact) mass is 711 g/mol. The summed E-state index contributed by atoms with van der Waals surface area (Å²) in [6.45, 7) is 6.14. The van der Waals surface area contributed by atoms with Crippen molar-refractivity contribution in [3.8, 4) is 0 Å². The molecule has 0 aromatic heterocycles. The van der Waals surface area contributed by atoms with E-state index in [9.17, 15) is 39.3 Å². The predicted molar refractivity (Wildman–Crippen MR) is 182 cm³/mol. The molecule has 4 saturated carbocycles. The number of aliphatic carboxylic acids is 2. The van der Waals surface area contributed by atoms with E-state index < -0.39 is 48.5 Å². The number of fused-ring (bicyclic) bond motifs is 5. The first-order valence-corrected chi connectivity index (χ1v) is 18.9. The maximum absolute atomic E-state index is 13.1. The lowest BCUT2D eigenvalue weighted by molar-refractivity contribution is -0.197. The molecule has 4 fully saturated rings. The smallest absolute Gasteiger partial charge is 0.322 e. The molecule has 49 heavy (non-hydrogen) atoms. The third kappa shape index (κ3) is 8.62. The summed E-state index contributed by atoms with van der Waals surface area (Å²) < 4.78 is 0. The molecular weight excluding hydrogens is 654 g/mol. The van der Waals surface area contributed by atoms with Gasteiger partial charge in [0, 0.05) is 25.2 Å². The molecule has 0 spiro atoms. The molecule has 0 aromatic carbocycles. The van der Waals surface area contributed by atoms with Crippen molar-refractivity contribution in [1.29, 1.82) is 0 Å². The van der Waals surface area contributed by atoms with Crippen LogP contribution in [0.3, 0.4) is 0 Å². The molecule has 2 amide bonds. The normalized spacial score (nSPS) is 37.0. The molecule has 0 aliphatic heterocycles. The molecule has 0 radical (unpaired) electrons. The van der Waals surface area contributed by atoms with E-state index in [-0.39, 0.29) is 77.3 Å². The minimum Gasteiger partial charge on any atom is -0.480 e. The highest BCUT2D eigenvalue weighted by atomic mass is 32.2. The van der Waals surface area contributed by atoms with Gasteiger partial charge in [0.15, 0.2) is 5.12 Å². The standard InChI is InChI=1S/C35H57N3O10S/c1-18(4-9-30(45)49-17-26(32(46)37-15-29(43)44)38-28(42)8-7-25(36)33(47)48)22-5-6-23-31-19(16-39)12-20-13-21(40)10-11-34(20,2)24(31)14-27(41)35(22,23)3/h18-27,31,39-41H,4-17,36H2,1-3H3,(H,37,46)(H,38,42)(H,43,44)(H,47,48)/t18-,19?,20-,21-,22-,23?,24?,25?,26?,27+,31?,34+,35-/m1/s1. The summed E-state index contributed by atoms with van der Waals surface area (Å²) in [5, 5.41) is 55.3. The zero-order chi connectivity index (χ0) is 36.3. The van der Waals surface area contributed by atoms with E-state index in [1.54, 1.807) is 0 Å². The lowest BCUT2D eigenvalue weighted by Gasteiger charge is -2.64. The second kappa shape index (κ2) is 16.4. The van der Waals surface area contributed by atoms with Crippen LogP contribution in [0.2, 0.25) is 0 Å². The number of amides is 2. The number of carboxylic acid groups (broad SMARTS) is 2. The fourth-order valence-corrected chi connectivity index (χ4v) is 11.3. The molecule has 4 rings (SSSR count). The van der Waals surface area contributed by atoms with Crippen LogP contribution in [0.4, 0.5) is 0 Å². The molecule has 9 N–H and O–H groups in total. The third-order valence-corrected chi connectivity index (χ3v) is 14.2. The number of thioether (sulfide) groups is 1. The Morgan fingerprint density at radius 3 is 2.33 bits per heavy atom. The van der Waals surface area contributed by atoms with Crippen molar-refractivity contribution in [3.05, 3.63) is 0 Å². The number of aliphatic hydroxyl groups is 3. The molecule has 278 valence electrons. The van der Waals surface area contributed by atoms with Crippen molar-refractivity contribution in [3.63, 3.8) is 0 Å². The topological polar surface area (TPSA) is 237 Å². The zero-order valence-corrected chi connectivity index (χ0v) is 29.8. The van der Waals surface area contributed by atoms with Crippen molar-refractivity contribution in [2.75, 3.05) is 18.9 Å². The Hall–Kier alpha value is -2.26. The summed E-state index contributed by atoms with van der Waals surface area (Å²) in [6, 6.07) is -2.46. The first kappa shape index (κ1) is 39.5. The quantitative estimate of drug-likeness (QED) is 0.121. The van der Waals surface area contributed by atoms with Gasteiger partial charge in [-0.3, -0.25) is 24.0 Å². The van der Waals surface area contributed by atoms with Gasteiger partial charge >= 0.3 is 11.9 Å². The maximum atomic E-state index is 13.1. The highest BCUT2D eigenvalue weighted by Crippen LogP contribution is 2.69. The van der Waals surface area contributed by atoms with E-state index in [2.05, 4.69) is 31.4 Å². The highest BCUT2D eigenvalue weighted by Gasteiger charge is 2.65. The molecule has 6 unspecified atom stereocenters. The van der Waals surface area contributed by atoms with Crippen LogP contribution in [-0.4, -0.2) is 97.6 Å². The fourth-order valence-electron chi connectivity index (χ4n) is 10.5. The van der Waals surface area contributed by atoms with Gasteiger partial charge in [0.2, 0.25) is 11.8 Å². The molecule has 0 aromatic rings. The molecule has 13 nitrogen and oxygen atoms in total. The largest absolute Gasteiger partial charge is 0.480 e. The fraction of sp³-hybridized carbons (Fsp3) is 0.857. The number of carbonyl (C=O) groups excluding carboxylic acids is 3. The first-order chi connectivity index (χ1) is 23.0. The number of carboxylic acids is 2. The van der Waals surface area contributed by atoms with E-state index in [1.165, 1.54) is 0 Å². The number of nitrogens with one attached hydrogen (secondary N) is 2. The van der Waals surface area contributed by atoms with Gasteiger partial charge < -0.3 is 41.9 Å². The second-order valence-electron chi connectivity index (χ2n) is 15.8. The molecular formula is C35H57N3O10S. The number of hydrogen-bond donors (Lipinski definition) is 8. The average molecular weight is 712 g/mol. The van der Waals surface area contributed by atoms with Crippen LogP contribution < -0.4 is 16.4 Å². The van der Waals surface area contributed by atoms with Gasteiger partial charge in [-0.15, -0.1) is 0 Å². The minimum atomic E-state index is -1.27. The number of aliphatic hydroxyl groups excluding tert-OH is 3. The van der Waals surface area contributed by atoms with Crippen molar-refractivity contribution in [2.45, 2.75) is 116 Å². The summed E-state index contributed by atoms with van der Waals surface area (Å²) in [5.74, 6) is -2.39. The Morgan fingerprint density at radius 1 is 0.959 bits per heavy atom. The van der Waals surface area contributed by atoms with Crippen LogP contribution in [0, 0.1) is 52.3 Å². The first-order valence-electron chi connectivity index (χ1n) is 17.9. The second-order valence-corrected chi connectivity index (χ2v) is 16.9. The van der Waals surface area contributed by atoms with Crippen molar-refractivity contribution in [2.24, 2.45) is 58.0 Å². The Balaban J connectivity index is 1.36. The van der Waals surface area contributed by atoms with E-state index >= 15 is 0 Å². The predicted octanol–water partition coefficient (Wildman–Crippen LogP) is 1.75. The van der Waals surface area contributed by atoms with Crippen LogP contribution in [-0.2, 0) is 24.0 Å².